The van der Waals surface area contributed by atoms with Crippen LogP contribution in [0.15, 0.2) is 30.3 Å². The Morgan fingerprint density at radius 2 is 2.06 bits per heavy atom. The molecule has 2 nitrogen and oxygen atoms in total. The van der Waals surface area contributed by atoms with Crippen LogP contribution in [-0.4, -0.2) is 18.2 Å². The van der Waals surface area contributed by atoms with Gasteiger partial charge in [0.05, 0.1) is 0 Å². The SMILES string of the molecule is CCCn1c(CCCNC)cc2ccccc21. The molecule has 0 saturated heterocycles. The monoisotopic (exact) mass is 230 g/mol. The summed E-state index contributed by atoms with van der Waals surface area (Å²) in [7, 11) is 2.02. The van der Waals surface area contributed by atoms with Crippen LogP contribution in [0.4, 0.5) is 0 Å². The lowest BCUT2D eigenvalue weighted by atomic mass is 10.2. The number of hydrogen-bond acceptors (Lipinski definition) is 1. The van der Waals surface area contributed by atoms with E-state index >= 15 is 0 Å². The number of hydrogen-bond donors (Lipinski definition) is 1. The number of benzene rings is 1. The number of nitrogens with zero attached hydrogens (tertiary/aromatic N) is 1. The molecule has 0 aliphatic heterocycles. The van der Waals surface area contributed by atoms with Gasteiger partial charge in [-0.3, -0.25) is 0 Å². The minimum atomic E-state index is 1.09. The zero-order chi connectivity index (χ0) is 12.1. The van der Waals surface area contributed by atoms with Gasteiger partial charge in [-0.15, -0.1) is 0 Å². The molecule has 0 saturated carbocycles. The molecule has 1 N–H and O–H groups in total. The van der Waals surface area contributed by atoms with Crippen LogP contribution in [0.5, 0.6) is 0 Å². The zero-order valence-electron chi connectivity index (χ0n) is 10.9. The van der Waals surface area contributed by atoms with Crippen LogP contribution in [-0.2, 0) is 13.0 Å². The van der Waals surface area contributed by atoms with Gasteiger partial charge in [-0.25, -0.2) is 0 Å². The molecular weight excluding hydrogens is 208 g/mol. The van der Waals surface area contributed by atoms with Gasteiger partial charge in [-0.05, 0) is 50.4 Å². The third kappa shape index (κ3) is 2.70. The number of aryl methyl sites for hydroxylation is 2. The topological polar surface area (TPSA) is 17.0 Å². The second-order valence-corrected chi connectivity index (χ2v) is 4.55. The van der Waals surface area contributed by atoms with Gasteiger partial charge in [-0.2, -0.15) is 0 Å². The van der Waals surface area contributed by atoms with Gasteiger partial charge in [0, 0.05) is 17.8 Å². The summed E-state index contributed by atoms with van der Waals surface area (Å²) in [6, 6.07) is 11.0. The quantitative estimate of drug-likeness (QED) is 0.754. The molecule has 0 bridgehead atoms. The van der Waals surface area contributed by atoms with Gasteiger partial charge in [0.1, 0.15) is 0 Å². The lowest BCUT2D eigenvalue weighted by molar-refractivity contribution is 0.640. The number of fused-ring (bicyclic) bond motifs is 1. The van der Waals surface area contributed by atoms with E-state index in [1.54, 1.807) is 0 Å². The molecule has 92 valence electrons. The van der Waals surface area contributed by atoms with Crippen LogP contribution >= 0.6 is 0 Å². The number of nitrogens with one attached hydrogen (secondary N) is 1. The Morgan fingerprint density at radius 1 is 1.24 bits per heavy atom. The highest BCUT2D eigenvalue weighted by Gasteiger charge is 2.06. The summed E-state index contributed by atoms with van der Waals surface area (Å²) in [5, 5.41) is 4.59. The summed E-state index contributed by atoms with van der Waals surface area (Å²) >= 11 is 0. The average molecular weight is 230 g/mol. The molecule has 2 aromatic rings. The van der Waals surface area contributed by atoms with Gasteiger partial charge in [0.25, 0.3) is 0 Å². The maximum Gasteiger partial charge on any atom is 0.0482 e. The molecule has 0 aliphatic carbocycles. The van der Waals surface area contributed by atoms with Crippen molar-refractivity contribution in [3.05, 3.63) is 36.0 Å². The summed E-state index contributed by atoms with van der Waals surface area (Å²) in [6.07, 6.45) is 3.56. The zero-order valence-corrected chi connectivity index (χ0v) is 10.9. The fraction of sp³-hybridized carbons (Fsp3) is 0.467. The van der Waals surface area contributed by atoms with Crippen LogP contribution in [0.1, 0.15) is 25.5 Å². The first kappa shape index (κ1) is 12.2. The maximum atomic E-state index is 3.21. The summed E-state index contributed by atoms with van der Waals surface area (Å²) < 4.78 is 2.48. The lowest BCUT2D eigenvalue weighted by Crippen LogP contribution is -2.10. The minimum absolute atomic E-state index is 1.09. The molecule has 0 fully saturated rings. The second-order valence-electron chi connectivity index (χ2n) is 4.55. The molecule has 0 spiro atoms. The molecular formula is C15H22N2. The van der Waals surface area contributed by atoms with E-state index in [0.29, 0.717) is 0 Å². The van der Waals surface area contributed by atoms with Gasteiger partial charge >= 0.3 is 0 Å². The van der Waals surface area contributed by atoms with Gasteiger partial charge in [-0.1, -0.05) is 25.1 Å². The van der Waals surface area contributed by atoms with E-state index < -0.39 is 0 Å². The van der Waals surface area contributed by atoms with Gasteiger partial charge in [0.15, 0.2) is 0 Å². The molecule has 1 aromatic heterocycles. The van der Waals surface area contributed by atoms with E-state index in [-0.39, 0.29) is 0 Å². The molecule has 0 radical (unpaired) electrons. The highest BCUT2D eigenvalue weighted by molar-refractivity contribution is 5.81. The smallest absolute Gasteiger partial charge is 0.0482 e. The van der Waals surface area contributed by atoms with Crippen molar-refractivity contribution < 1.29 is 0 Å². The van der Waals surface area contributed by atoms with E-state index in [4.69, 9.17) is 0 Å². The van der Waals surface area contributed by atoms with Crippen molar-refractivity contribution in [2.45, 2.75) is 32.7 Å². The highest BCUT2D eigenvalue weighted by Crippen LogP contribution is 2.21. The van der Waals surface area contributed by atoms with Crippen LogP contribution in [0.25, 0.3) is 10.9 Å². The molecule has 0 amide bonds. The Bertz CT molecular complexity index is 471. The largest absolute Gasteiger partial charge is 0.345 e. The van der Waals surface area contributed by atoms with Crippen LogP contribution in [0.2, 0.25) is 0 Å². The molecule has 1 heterocycles. The first-order valence-corrected chi connectivity index (χ1v) is 6.58. The predicted octanol–water partition coefficient (Wildman–Crippen LogP) is 3.20. The molecule has 2 rings (SSSR count). The van der Waals surface area contributed by atoms with Gasteiger partial charge in [0.2, 0.25) is 0 Å². The fourth-order valence-electron chi connectivity index (χ4n) is 2.41. The normalized spacial score (nSPS) is 11.2. The molecule has 2 heteroatoms. The predicted molar refractivity (Wildman–Crippen MR) is 74.5 cm³/mol. The Hall–Kier alpha value is -1.28. The average Bonchev–Trinajstić information content (AvgIpc) is 2.69. The lowest BCUT2D eigenvalue weighted by Gasteiger charge is -2.09. The third-order valence-electron chi connectivity index (χ3n) is 3.20. The fourth-order valence-corrected chi connectivity index (χ4v) is 2.41. The third-order valence-corrected chi connectivity index (χ3v) is 3.20. The molecule has 0 unspecified atom stereocenters. The van der Waals surface area contributed by atoms with Crippen molar-refractivity contribution in [3.63, 3.8) is 0 Å². The Balaban J connectivity index is 2.29. The van der Waals surface area contributed by atoms with Crippen molar-refractivity contribution in [1.82, 2.24) is 9.88 Å². The summed E-state index contributed by atoms with van der Waals surface area (Å²) in [4.78, 5) is 0. The van der Waals surface area contributed by atoms with E-state index in [1.165, 1.54) is 29.4 Å². The van der Waals surface area contributed by atoms with E-state index in [0.717, 1.165) is 19.5 Å². The van der Waals surface area contributed by atoms with Crippen molar-refractivity contribution in [3.8, 4) is 0 Å². The van der Waals surface area contributed by atoms with Gasteiger partial charge < -0.3 is 9.88 Å². The van der Waals surface area contributed by atoms with E-state index in [2.05, 4.69) is 47.1 Å². The standard InChI is InChI=1S/C15H22N2/c1-3-11-17-14(8-6-10-16-2)12-13-7-4-5-9-15(13)17/h4-5,7,9,12,16H,3,6,8,10-11H2,1-2H3. The highest BCUT2D eigenvalue weighted by atomic mass is 15.0. The second kappa shape index (κ2) is 5.87. The maximum absolute atomic E-state index is 3.21. The van der Waals surface area contributed by atoms with Crippen molar-refractivity contribution in [2.24, 2.45) is 0 Å². The molecule has 1 aromatic carbocycles. The van der Waals surface area contributed by atoms with E-state index in [9.17, 15) is 0 Å². The van der Waals surface area contributed by atoms with E-state index in [1.807, 2.05) is 7.05 Å². The number of rotatable bonds is 6. The first-order valence-electron chi connectivity index (χ1n) is 6.58. The Morgan fingerprint density at radius 3 is 2.82 bits per heavy atom. The number of aromatic nitrogens is 1. The summed E-state index contributed by atoms with van der Waals surface area (Å²) in [6.45, 7) is 4.46. The number of para-hydroxylation sites is 1. The Kier molecular flexibility index (Phi) is 4.21. The van der Waals surface area contributed by atoms with Crippen LogP contribution in [0.3, 0.4) is 0 Å². The summed E-state index contributed by atoms with van der Waals surface area (Å²) in [5.74, 6) is 0. The minimum Gasteiger partial charge on any atom is -0.345 e. The summed E-state index contributed by atoms with van der Waals surface area (Å²) in [5.41, 5.74) is 2.86. The van der Waals surface area contributed by atoms with Crippen LogP contribution in [0, 0.1) is 0 Å². The first-order chi connectivity index (χ1) is 8.36. The molecule has 0 aliphatic rings. The molecule has 17 heavy (non-hydrogen) atoms. The van der Waals surface area contributed by atoms with Crippen molar-refractivity contribution >= 4 is 10.9 Å². The molecule has 0 atom stereocenters. The van der Waals surface area contributed by atoms with Crippen molar-refractivity contribution in [2.75, 3.05) is 13.6 Å². The Labute approximate surface area is 104 Å². The van der Waals surface area contributed by atoms with Crippen LogP contribution < -0.4 is 5.32 Å². The van der Waals surface area contributed by atoms with Crippen molar-refractivity contribution in [1.29, 1.82) is 0 Å².